The molecule has 0 amide bonds. The van der Waals surface area contributed by atoms with Gasteiger partial charge in [-0.15, -0.1) is 0 Å². The third-order valence-electron chi connectivity index (χ3n) is 5.57. The standard InChI is InChI=1S/C21H26N4O2/c1-16-15-24-20(27)25(19(16)26)14-6-13-23-18-9-11-21(22-2,12-10-18)17-7-4-3-5-8-17/h3-5,7-8,15,18,23H,6,9-14H2,1H3,(H,24,27). The molecule has 27 heavy (non-hydrogen) atoms. The Kier molecular flexibility index (Phi) is 5.92. The third kappa shape index (κ3) is 4.20. The molecule has 0 atom stereocenters. The molecule has 1 saturated carbocycles. The van der Waals surface area contributed by atoms with Crippen molar-refractivity contribution in [2.75, 3.05) is 6.54 Å². The molecule has 1 aromatic carbocycles. The van der Waals surface area contributed by atoms with Crippen LogP contribution in [0.25, 0.3) is 4.85 Å². The molecule has 1 fully saturated rings. The van der Waals surface area contributed by atoms with Gasteiger partial charge in [-0.2, -0.15) is 0 Å². The summed E-state index contributed by atoms with van der Waals surface area (Å²) in [5.41, 5.74) is 0.707. The van der Waals surface area contributed by atoms with Gasteiger partial charge in [-0.1, -0.05) is 30.3 Å². The molecule has 0 saturated heterocycles. The molecule has 6 nitrogen and oxygen atoms in total. The van der Waals surface area contributed by atoms with E-state index in [0.717, 1.165) is 44.2 Å². The van der Waals surface area contributed by atoms with Gasteiger partial charge in [-0.05, 0) is 32.7 Å². The molecule has 1 aliphatic carbocycles. The first-order chi connectivity index (χ1) is 13.1. The van der Waals surface area contributed by atoms with Gasteiger partial charge in [0.15, 0.2) is 0 Å². The minimum absolute atomic E-state index is 0.221. The molecule has 6 heteroatoms. The second-order valence-electron chi connectivity index (χ2n) is 7.32. The zero-order valence-electron chi connectivity index (χ0n) is 15.7. The number of aromatic amines is 1. The summed E-state index contributed by atoms with van der Waals surface area (Å²) in [6.45, 7) is 10.6. The lowest BCUT2D eigenvalue weighted by Gasteiger charge is -2.32. The highest BCUT2D eigenvalue weighted by Crippen LogP contribution is 2.40. The molecular formula is C21H26N4O2. The lowest BCUT2D eigenvalue weighted by molar-refractivity contribution is 0.286. The second-order valence-corrected chi connectivity index (χ2v) is 7.32. The first kappa shape index (κ1) is 19.1. The summed E-state index contributed by atoms with van der Waals surface area (Å²) in [5.74, 6) is 0. The van der Waals surface area contributed by atoms with Crippen molar-refractivity contribution in [3.63, 3.8) is 0 Å². The van der Waals surface area contributed by atoms with Crippen LogP contribution in [0.5, 0.6) is 0 Å². The molecule has 1 heterocycles. The summed E-state index contributed by atoms with van der Waals surface area (Å²) in [5, 5.41) is 3.53. The Morgan fingerprint density at radius 3 is 2.63 bits per heavy atom. The Hall–Kier alpha value is -2.65. The SMILES string of the molecule is [C-]#[N+]C1(c2ccccc2)CCC(NCCCn2c(=O)[nH]cc(C)c2=O)CC1. The fourth-order valence-electron chi connectivity index (χ4n) is 3.87. The van der Waals surface area contributed by atoms with Crippen LogP contribution in [0.1, 0.15) is 43.2 Å². The molecule has 3 rings (SSSR count). The minimum Gasteiger partial charge on any atom is -0.314 e. The number of aromatic nitrogens is 2. The average molecular weight is 366 g/mol. The van der Waals surface area contributed by atoms with Gasteiger partial charge in [0.25, 0.3) is 11.1 Å². The van der Waals surface area contributed by atoms with E-state index in [1.54, 1.807) is 6.92 Å². The van der Waals surface area contributed by atoms with E-state index in [9.17, 15) is 9.59 Å². The Morgan fingerprint density at radius 1 is 1.26 bits per heavy atom. The van der Waals surface area contributed by atoms with E-state index in [1.807, 2.05) is 18.2 Å². The molecular weight excluding hydrogens is 340 g/mol. The maximum atomic E-state index is 12.0. The maximum Gasteiger partial charge on any atom is 0.328 e. The van der Waals surface area contributed by atoms with E-state index >= 15 is 0 Å². The van der Waals surface area contributed by atoms with E-state index in [2.05, 4.69) is 27.3 Å². The summed E-state index contributed by atoms with van der Waals surface area (Å²) in [4.78, 5) is 30.4. The van der Waals surface area contributed by atoms with Gasteiger partial charge < -0.3 is 15.1 Å². The van der Waals surface area contributed by atoms with Crippen LogP contribution in [0.15, 0.2) is 46.1 Å². The van der Waals surface area contributed by atoms with Gasteiger partial charge >= 0.3 is 5.69 Å². The Morgan fingerprint density at radius 2 is 1.96 bits per heavy atom. The van der Waals surface area contributed by atoms with Crippen molar-refractivity contribution in [3.05, 3.63) is 79.9 Å². The highest BCUT2D eigenvalue weighted by atomic mass is 16.2. The predicted octanol–water partition coefficient (Wildman–Crippen LogP) is 2.58. The average Bonchev–Trinajstić information content (AvgIpc) is 2.71. The van der Waals surface area contributed by atoms with Gasteiger partial charge in [0, 0.05) is 42.8 Å². The number of aryl methyl sites for hydroxylation is 1. The summed E-state index contributed by atoms with van der Waals surface area (Å²) >= 11 is 0. The number of hydrogen-bond acceptors (Lipinski definition) is 3. The van der Waals surface area contributed by atoms with E-state index in [0.29, 0.717) is 18.2 Å². The van der Waals surface area contributed by atoms with Crippen molar-refractivity contribution < 1.29 is 0 Å². The highest BCUT2D eigenvalue weighted by molar-refractivity contribution is 5.29. The summed E-state index contributed by atoms with van der Waals surface area (Å²) < 4.78 is 1.26. The minimum atomic E-state index is -0.387. The van der Waals surface area contributed by atoms with Crippen molar-refractivity contribution in [2.45, 2.75) is 57.2 Å². The lowest BCUT2D eigenvalue weighted by atomic mass is 9.75. The van der Waals surface area contributed by atoms with Crippen LogP contribution in [0.2, 0.25) is 0 Å². The smallest absolute Gasteiger partial charge is 0.314 e. The van der Waals surface area contributed by atoms with Crippen LogP contribution in [0.3, 0.4) is 0 Å². The van der Waals surface area contributed by atoms with Gasteiger partial charge in [0.2, 0.25) is 0 Å². The quantitative estimate of drug-likeness (QED) is 0.610. The largest absolute Gasteiger partial charge is 0.328 e. The van der Waals surface area contributed by atoms with E-state index in [1.165, 1.54) is 10.8 Å². The highest BCUT2D eigenvalue weighted by Gasteiger charge is 2.42. The van der Waals surface area contributed by atoms with E-state index < -0.39 is 0 Å². The van der Waals surface area contributed by atoms with Crippen LogP contribution >= 0.6 is 0 Å². The first-order valence-electron chi connectivity index (χ1n) is 9.52. The summed E-state index contributed by atoms with van der Waals surface area (Å²) in [7, 11) is 0. The van der Waals surface area contributed by atoms with Crippen LogP contribution in [-0.4, -0.2) is 22.1 Å². The van der Waals surface area contributed by atoms with Crippen LogP contribution < -0.4 is 16.6 Å². The number of H-pyrrole nitrogens is 1. The van der Waals surface area contributed by atoms with Gasteiger partial charge in [-0.25, -0.2) is 11.4 Å². The van der Waals surface area contributed by atoms with Gasteiger partial charge in [-0.3, -0.25) is 9.36 Å². The maximum absolute atomic E-state index is 12.0. The fourth-order valence-corrected chi connectivity index (χ4v) is 3.87. The molecule has 2 aromatic rings. The number of benzene rings is 1. The van der Waals surface area contributed by atoms with Crippen LogP contribution in [0, 0.1) is 13.5 Å². The normalized spacial score (nSPS) is 22.3. The molecule has 0 aliphatic heterocycles. The zero-order valence-corrected chi connectivity index (χ0v) is 15.7. The topological polar surface area (TPSA) is 71.2 Å². The lowest BCUT2D eigenvalue weighted by Crippen LogP contribution is -2.40. The van der Waals surface area contributed by atoms with Crippen molar-refractivity contribution in [1.29, 1.82) is 0 Å². The molecule has 1 aromatic heterocycles. The molecule has 0 radical (unpaired) electrons. The molecule has 1 aliphatic rings. The number of rotatable bonds is 6. The van der Waals surface area contributed by atoms with Crippen LogP contribution in [-0.2, 0) is 12.1 Å². The Labute approximate surface area is 159 Å². The number of hydrogen-bond donors (Lipinski definition) is 2. The van der Waals surface area contributed by atoms with Crippen molar-refractivity contribution in [2.24, 2.45) is 0 Å². The Bertz CT molecular complexity index is 916. The van der Waals surface area contributed by atoms with Crippen molar-refractivity contribution in [1.82, 2.24) is 14.9 Å². The molecule has 2 N–H and O–H groups in total. The van der Waals surface area contributed by atoms with Gasteiger partial charge in [0.05, 0.1) is 0 Å². The van der Waals surface area contributed by atoms with Crippen molar-refractivity contribution >= 4 is 0 Å². The molecule has 0 spiro atoms. The number of nitrogens with one attached hydrogen (secondary N) is 2. The summed E-state index contributed by atoms with van der Waals surface area (Å²) in [6, 6.07) is 10.5. The molecule has 0 bridgehead atoms. The molecule has 0 unspecified atom stereocenters. The monoisotopic (exact) mass is 366 g/mol. The van der Waals surface area contributed by atoms with Crippen molar-refractivity contribution in [3.8, 4) is 0 Å². The van der Waals surface area contributed by atoms with E-state index in [-0.39, 0.29) is 16.8 Å². The van der Waals surface area contributed by atoms with Gasteiger partial charge in [0.1, 0.15) is 0 Å². The third-order valence-corrected chi connectivity index (χ3v) is 5.57. The molecule has 142 valence electrons. The van der Waals surface area contributed by atoms with Crippen LogP contribution in [0.4, 0.5) is 0 Å². The second kappa shape index (κ2) is 8.36. The zero-order chi connectivity index (χ0) is 19.3. The number of nitrogens with zero attached hydrogens (tertiary/aromatic N) is 2. The Balaban J connectivity index is 1.49. The fraction of sp³-hybridized carbons (Fsp3) is 0.476. The predicted molar refractivity (Wildman–Crippen MR) is 106 cm³/mol. The van der Waals surface area contributed by atoms with E-state index in [4.69, 9.17) is 6.57 Å². The summed E-state index contributed by atoms with van der Waals surface area (Å²) in [6.07, 6.45) is 5.81. The first-order valence-corrected chi connectivity index (χ1v) is 9.52.